The van der Waals surface area contributed by atoms with Gasteiger partial charge < -0.3 is 14.7 Å². The van der Waals surface area contributed by atoms with Crippen molar-refractivity contribution in [3.63, 3.8) is 0 Å². The van der Waals surface area contributed by atoms with E-state index in [-0.39, 0.29) is 0 Å². The van der Waals surface area contributed by atoms with E-state index in [9.17, 15) is 4.79 Å². The van der Waals surface area contributed by atoms with Crippen LogP contribution in [0.5, 0.6) is 0 Å². The van der Waals surface area contributed by atoms with E-state index in [1.807, 2.05) is 13.8 Å². The van der Waals surface area contributed by atoms with E-state index < -0.39 is 0 Å². The molecule has 0 aromatic carbocycles. The third-order valence-corrected chi connectivity index (χ3v) is 5.20. The van der Waals surface area contributed by atoms with Crippen LogP contribution in [0.25, 0.3) is 0 Å². The van der Waals surface area contributed by atoms with Crippen LogP contribution in [0.1, 0.15) is 55.5 Å². The third-order valence-electron chi connectivity index (χ3n) is 5.20. The Kier molecular flexibility index (Phi) is 4.81. The molecule has 0 saturated carbocycles. The van der Waals surface area contributed by atoms with Gasteiger partial charge in [0.05, 0.1) is 5.69 Å². The number of likely N-dealkylation sites (tertiary alicyclic amines) is 1. The SMILES string of the molecule is Cc1noc(C)c1CCC(=O)N1CCC[C@H]2NCCCC[C@@H]21. The maximum atomic E-state index is 12.7. The first-order valence-corrected chi connectivity index (χ1v) is 8.61. The summed E-state index contributed by atoms with van der Waals surface area (Å²) in [4.78, 5) is 14.9. The summed E-state index contributed by atoms with van der Waals surface area (Å²) in [6, 6.07) is 0.896. The van der Waals surface area contributed by atoms with Gasteiger partial charge >= 0.3 is 0 Å². The molecule has 5 heteroatoms. The Hall–Kier alpha value is -1.36. The van der Waals surface area contributed by atoms with Gasteiger partial charge in [0, 0.05) is 30.6 Å². The van der Waals surface area contributed by atoms with Crippen LogP contribution >= 0.6 is 0 Å². The number of carbonyl (C=O) groups excluding carboxylic acids is 1. The van der Waals surface area contributed by atoms with E-state index in [1.165, 1.54) is 19.3 Å². The maximum absolute atomic E-state index is 12.7. The van der Waals surface area contributed by atoms with Crippen molar-refractivity contribution in [2.45, 2.75) is 70.9 Å². The zero-order valence-electron chi connectivity index (χ0n) is 13.7. The molecule has 1 aromatic heterocycles. The Balaban J connectivity index is 1.63. The molecule has 2 aliphatic heterocycles. The molecule has 1 aromatic rings. The predicted molar refractivity (Wildman–Crippen MR) is 84.7 cm³/mol. The number of piperidine rings is 1. The summed E-state index contributed by atoms with van der Waals surface area (Å²) in [5, 5.41) is 7.61. The molecular formula is C17H27N3O2. The Morgan fingerprint density at radius 3 is 2.95 bits per heavy atom. The lowest BCUT2D eigenvalue weighted by Gasteiger charge is -2.41. The quantitative estimate of drug-likeness (QED) is 0.931. The van der Waals surface area contributed by atoms with Gasteiger partial charge in [-0.3, -0.25) is 4.79 Å². The second-order valence-electron chi connectivity index (χ2n) is 6.66. The van der Waals surface area contributed by atoms with Crippen LogP contribution < -0.4 is 5.32 Å². The van der Waals surface area contributed by atoms with Crippen LogP contribution in [0.4, 0.5) is 0 Å². The summed E-state index contributed by atoms with van der Waals surface area (Å²) in [6.45, 7) is 5.89. The van der Waals surface area contributed by atoms with E-state index in [1.54, 1.807) is 0 Å². The van der Waals surface area contributed by atoms with Crippen LogP contribution in [-0.2, 0) is 11.2 Å². The van der Waals surface area contributed by atoms with Crippen LogP contribution in [0.2, 0.25) is 0 Å². The van der Waals surface area contributed by atoms with Crippen molar-refractivity contribution in [3.05, 3.63) is 17.0 Å². The normalized spacial score (nSPS) is 25.6. The summed E-state index contributed by atoms with van der Waals surface area (Å²) < 4.78 is 5.19. The molecule has 1 N–H and O–H groups in total. The number of amides is 1. The molecule has 0 bridgehead atoms. The topological polar surface area (TPSA) is 58.4 Å². The molecule has 122 valence electrons. The number of fused-ring (bicyclic) bond motifs is 1. The van der Waals surface area contributed by atoms with E-state index in [0.29, 0.717) is 24.4 Å². The van der Waals surface area contributed by atoms with Gasteiger partial charge in [-0.2, -0.15) is 0 Å². The summed E-state index contributed by atoms with van der Waals surface area (Å²) in [7, 11) is 0. The molecule has 3 rings (SSSR count). The van der Waals surface area contributed by atoms with Gasteiger partial charge in [-0.25, -0.2) is 0 Å². The second-order valence-corrected chi connectivity index (χ2v) is 6.66. The standard InChI is InChI=1S/C17H27N3O2/c1-12-14(13(2)22-19-12)8-9-17(21)20-11-5-6-15-16(20)7-3-4-10-18-15/h15-16,18H,3-11H2,1-2H3/t15-,16+/m1/s1. The average molecular weight is 305 g/mol. The Morgan fingerprint density at radius 2 is 2.18 bits per heavy atom. The Labute approximate surface area is 132 Å². The maximum Gasteiger partial charge on any atom is 0.223 e. The molecular weight excluding hydrogens is 278 g/mol. The summed E-state index contributed by atoms with van der Waals surface area (Å²) in [5.41, 5.74) is 2.01. The van der Waals surface area contributed by atoms with Gasteiger partial charge in [-0.05, 0) is 52.5 Å². The van der Waals surface area contributed by atoms with Crippen LogP contribution in [0.15, 0.2) is 4.52 Å². The largest absolute Gasteiger partial charge is 0.361 e. The molecule has 2 fully saturated rings. The number of hydrogen-bond acceptors (Lipinski definition) is 4. The summed E-state index contributed by atoms with van der Waals surface area (Å²) in [5.74, 6) is 1.14. The Morgan fingerprint density at radius 1 is 1.32 bits per heavy atom. The number of carbonyl (C=O) groups is 1. The number of nitrogens with zero attached hydrogens (tertiary/aromatic N) is 2. The first kappa shape index (κ1) is 15.5. The number of aromatic nitrogens is 1. The number of aryl methyl sites for hydroxylation is 2. The van der Waals surface area contributed by atoms with Gasteiger partial charge in [0.25, 0.3) is 0 Å². The van der Waals surface area contributed by atoms with Gasteiger partial charge in [-0.1, -0.05) is 11.6 Å². The minimum Gasteiger partial charge on any atom is -0.361 e. The highest BCUT2D eigenvalue weighted by Gasteiger charge is 2.34. The molecule has 2 atom stereocenters. The van der Waals surface area contributed by atoms with E-state index in [0.717, 1.165) is 49.4 Å². The molecule has 0 spiro atoms. The predicted octanol–water partition coefficient (Wildman–Crippen LogP) is 2.36. The van der Waals surface area contributed by atoms with Crippen molar-refractivity contribution in [2.75, 3.05) is 13.1 Å². The minimum absolute atomic E-state index is 0.290. The Bertz CT molecular complexity index is 506. The van der Waals surface area contributed by atoms with Crippen molar-refractivity contribution in [1.29, 1.82) is 0 Å². The zero-order chi connectivity index (χ0) is 15.5. The third kappa shape index (κ3) is 3.19. The van der Waals surface area contributed by atoms with Gasteiger partial charge in [0.1, 0.15) is 5.76 Å². The van der Waals surface area contributed by atoms with Gasteiger partial charge in [-0.15, -0.1) is 0 Å². The van der Waals surface area contributed by atoms with Gasteiger partial charge in [0.15, 0.2) is 0 Å². The first-order chi connectivity index (χ1) is 10.7. The summed E-state index contributed by atoms with van der Waals surface area (Å²) in [6.07, 6.45) is 7.22. The van der Waals surface area contributed by atoms with E-state index in [2.05, 4.69) is 15.4 Å². The molecule has 0 unspecified atom stereocenters. The monoisotopic (exact) mass is 305 g/mol. The lowest BCUT2D eigenvalue weighted by molar-refractivity contribution is -0.135. The highest BCUT2D eigenvalue weighted by atomic mass is 16.5. The van der Waals surface area contributed by atoms with E-state index in [4.69, 9.17) is 4.52 Å². The molecule has 1 amide bonds. The summed E-state index contributed by atoms with van der Waals surface area (Å²) >= 11 is 0. The molecule has 2 aliphatic rings. The smallest absolute Gasteiger partial charge is 0.223 e. The fourth-order valence-corrected chi connectivity index (χ4v) is 3.96. The lowest BCUT2D eigenvalue weighted by Crippen LogP contribution is -2.55. The van der Waals surface area contributed by atoms with Crippen LogP contribution in [0.3, 0.4) is 0 Å². The minimum atomic E-state index is 0.290. The first-order valence-electron chi connectivity index (χ1n) is 8.61. The van der Waals surface area contributed by atoms with Crippen molar-refractivity contribution < 1.29 is 9.32 Å². The number of rotatable bonds is 3. The van der Waals surface area contributed by atoms with Crippen LogP contribution in [0, 0.1) is 13.8 Å². The highest BCUT2D eigenvalue weighted by Crippen LogP contribution is 2.25. The molecule has 3 heterocycles. The fraction of sp³-hybridized carbons (Fsp3) is 0.765. The molecule has 5 nitrogen and oxygen atoms in total. The molecule has 2 saturated heterocycles. The molecule has 22 heavy (non-hydrogen) atoms. The van der Waals surface area contributed by atoms with Crippen molar-refractivity contribution in [2.24, 2.45) is 0 Å². The highest BCUT2D eigenvalue weighted by molar-refractivity contribution is 5.77. The number of hydrogen-bond donors (Lipinski definition) is 1. The van der Waals surface area contributed by atoms with Gasteiger partial charge in [0.2, 0.25) is 5.91 Å². The fourth-order valence-electron chi connectivity index (χ4n) is 3.96. The lowest BCUT2D eigenvalue weighted by atomic mass is 9.93. The molecule has 0 aliphatic carbocycles. The van der Waals surface area contributed by atoms with Crippen LogP contribution in [-0.4, -0.2) is 41.1 Å². The van der Waals surface area contributed by atoms with Crippen molar-refractivity contribution >= 4 is 5.91 Å². The van der Waals surface area contributed by atoms with Crippen molar-refractivity contribution in [1.82, 2.24) is 15.4 Å². The zero-order valence-corrected chi connectivity index (χ0v) is 13.7. The second kappa shape index (κ2) is 6.82. The van der Waals surface area contributed by atoms with Crippen molar-refractivity contribution in [3.8, 4) is 0 Å². The number of nitrogens with one attached hydrogen (secondary N) is 1. The molecule has 0 radical (unpaired) electrons. The van der Waals surface area contributed by atoms with E-state index >= 15 is 0 Å². The average Bonchev–Trinajstić information content (AvgIpc) is 2.72.